The molecule has 112 valence electrons. The van der Waals surface area contributed by atoms with Crippen molar-refractivity contribution < 1.29 is 8.85 Å². The number of rotatable bonds is 6. The maximum atomic E-state index is 6.34. The van der Waals surface area contributed by atoms with Crippen LogP contribution in [0.4, 0.5) is 0 Å². The van der Waals surface area contributed by atoms with Crippen molar-refractivity contribution in [1.29, 1.82) is 0 Å². The van der Waals surface area contributed by atoms with Gasteiger partial charge in [-0.05, 0) is 25.7 Å². The summed E-state index contributed by atoms with van der Waals surface area (Å²) in [6.45, 7) is 0. The van der Waals surface area contributed by atoms with E-state index in [0.29, 0.717) is 0 Å². The first-order valence-corrected chi connectivity index (χ1v) is 9.73. The molecule has 2 rings (SSSR count). The van der Waals surface area contributed by atoms with E-state index in [9.17, 15) is 0 Å². The number of hydrogen-bond acceptors (Lipinski definition) is 4. The summed E-state index contributed by atoms with van der Waals surface area (Å²) in [4.78, 5) is 7.04. The molecule has 0 aliphatic heterocycles. The molecule has 0 heterocycles. The SMILES string of the molecule is CO[Si](NC1CCCC1Cl)(NC1CCCC1Cl)OC. The lowest BCUT2D eigenvalue weighted by Crippen LogP contribution is -2.71. The van der Waals surface area contributed by atoms with Gasteiger partial charge in [0, 0.05) is 37.1 Å². The molecule has 2 aliphatic rings. The zero-order valence-corrected chi connectivity index (χ0v) is 14.1. The molecule has 2 N–H and O–H groups in total. The second-order valence-electron chi connectivity index (χ2n) is 5.42. The minimum atomic E-state index is -2.63. The Morgan fingerprint density at radius 3 is 1.53 bits per heavy atom. The molecule has 0 aromatic heterocycles. The van der Waals surface area contributed by atoms with E-state index >= 15 is 0 Å². The molecule has 2 aliphatic carbocycles. The molecule has 2 saturated carbocycles. The van der Waals surface area contributed by atoms with E-state index in [1.54, 1.807) is 14.2 Å². The quantitative estimate of drug-likeness (QED) is 0.580. The van der Waals surface area contributed by atoms with Crippen molar-refractivity contribution in [3.05, 3.63) is 0 Å². The predicted octanol–water partition coefficient (Wildman–Crippen LogP) is 2.21. The monoisotopic (exact) mass is 326 g/mol. The fraction of sp³-hybridized carbons (Fsp3) is 1.00. The molecule has 0 saturated heterocycles. The van der Waals surface area contributed by atoms with Gasteiger partial charge in [-0.25, -0.2) is 0 Å². The molecule has 4 nitrogen and oxygen atoms in total. The van der Waals surface area contributed by atoms with Gasteiger partial charge in [0.25, 0.3) is 0 Å². The summed E-state index contributed by atoms with van der Waals surface area (Å²) in [6.07, 6.45) is 6.58. The summed E-state index contributed by atoms with van der Waals surface area (Å²) >= 11 is 12.7. The second kappa shape index (κ2) is 7.07. The highest BCUT2D eigenvalue weighted by molar-refractivity contribution is 6.62. The van der Waals surface area contributed by atoms with Gasteiger partial charge in [-0.15, -0.1) is 23.2 Å². The molecule has 4 unspecified atom stereocenters. The largest absolute Gasteiger partial charge is 0.516 e. The molecule has 0 spiro atoms. The van der Waals surface area contributed by atoms with Crippen LogP contribution in [-0.2, 0) is 8.85 Å². The van der Waals surface area contributed by atoms with Crippen molar-refractivity contribution in [2.75, 3.05) is 14.2 Å². The van der Waals surface area contributed by atoms with Crippen LogP contribution in [0.25, 0.3) is 0 Å². The van der Waals surface area contributed by atoms with Gasteiger partial charge in [0.05, 0.1) is 0 Å². The summed E-state index contributed by atoms with van der Waals surface area (Å²) in [6, 6.07) is 0.520. The van der Waals surface area contributed by atoms with Crippen LogP contribution in [0.1, 0.15) is 38.5 Å². The van der Waals surface area contributed by atoms with Crippen LogP contribution in [0.3, 0.4) is 0 Å². The average molecular weight is 327 g/mol. The minimum Gasteiger partial charge on any atom is -0.374 e. The van der Waals surface area contributed by atoms with Crippen molar-refractivity contribution >= 4 is 32.1 Å². The van der Waals surface area contributed by atoms with Crippen LogP contribution in [-0.4, -0.2) is 45.9 Å². The lowest BCUT2D eigenvalue weighted by atomic mass is 10.3. The van der Waals surface area contributed by atoms with Gasteiger partial charge in [0.1, 0.15) is 0 Å². The van der Waals surface area contributed by atoms with E-state index in [0.717, 1.165) is 38.5 Å². The summed E-state index contributed by atoms with van der Waals surface area (Å²) in [5, 5.41) is 0.323. The van der Waals surface area contributed by atoms with Crippen LogP contribution >= 0.6 is 23.2 Å². The number of hydrogen-bond donors (Lipinski definition) is 2. The van der Waals surface area contributed by atoms with Crippen molar-refractivity contribution in [1.82, 2.24) is 9.96 Å². The summed E-state index contributed by atoms with van der Waals surface area (Å²) in [5.41, 5.74) is 0. The Balaban J connectivity index is 1.99. The Labute approximate surface area is 126 Å². The third-order valence-electron chi connectivity index (χ3n) is 4.19. The lowest BCUT2D eigenvalue weighted by molar-refractivity contribution is 0.200. The first-order chi connectivity index (χ1) is 9.10. The highest BCUT2D eigenvalue weighted by atomic mass is 35.5. The zero-order valence-electron chi connectivity index (χ0n) is 11.6. The van der Waals surface area contributed by atoms with Gasteiger partial charge >= 0.3 is 8.88 Å². The average Bonchev–Trinajstić information content (AvgIpc) is 2.99. The van der Waals surface area contributed by atoms with Crippen molar-refractivity contribution in [2.24, 2.45) is 0 Å². The van der Waals surface area contributed by atoms with Gasteiger partial charge in [-0.2, -0.15) is 0 Å². The molecular formula is C12H24Cl2N2O2Si. The highest BCUT2D eigenvalue weighted by Gasteiger charge is 2.45. The molecule has 0 aromatic carbocycles. The maximum absolute atomic E-state index is 6.34. The van der Waals surface area contributed by atoms with E-state index < -0.39 is 8.88 Å². The molecule has 19 heavy (non-hydrogen) atoms. The van der Waals surface area contributed by atoms with Gasteiger partial charge in [0.2, 0.25) is 0 Å². The minimum absolute atomic E-state index is 0.161. The highest BCUT2D eigenvalue weighted by Crippen LogP contribution is 2.27. The number of halogens is 2. The fourth-order valence-electron chi connectivity index (χ4n) is 3.00. The van der Waals surface area contributed by atoms with Gasteiger partial charge in [0.15, 0.2) is 0 Å². The van der Waals surface area contributed by atoms with E-state index in [-0.39, 0.29) is 22.8 Å². The van der Waals surface area contributed by atoms with Crippen LogP contribution in [0.15, 0.2) is 0 Å². The molecule has 4 atom stereocenters. The van der Waals surface area contributed by atoms with E-state index in [4.69, 9.17) is 32.1 Å². The van der Waals surface area contributed by atoms with Gasteiger partial charge in [-0.1, -0.05) is 12.8 Å². The fourth-order valence-corrected chi connectivity index (χ4v) is 6.29. The predicted molar refractivity (Wildman–Crippen MR) is 80.6 cm³/mol. The van der Waals surface area contributed by atoms with Crippen LogP contribution in [0, 0.1) is 0 Å². The third kappa shape index (κ3) is 3.84. The first kappa shape index (κ1) is 16.0. The summed E-state index contributed by atoms with van der Waals surface area (Å²) in [5.74, 6) is 0. The van der Waals surface area contributed by atoms with Crippen molar-refractivity contribution in [2.45, 2.75) is 61.4 Å². The molecule has 0 radical (unpaired) electrons. The Bertz CT molecular complexity index is 271. The van der Waals surface area contributed by atoms with Crippen LogP contribution in [0.2, 0.25) is 0 Å². The Morgan fingerprint density at radius 2 is 1.26 bits per heavy atom. The molecule has 0 amide bonds. The van der Waals surface area contributed by atoms with Gasteiger partial charge in [-0.3, -0.25) is 9.96 Å². The van der Waals surface area contributed by atoms with E-state index in [1.807, 2.05) is 0 Å². The molecular weight excluding hydrogens is 303 g/mol. The number of alkyl halides is 2. The normalized spacial score (nSPS) is 36.0. The molecule has 2 fully saturated rings. The first-order valence-electron chi connectivity index (χ1n) is 7.04. The smallest absolute Gasteiger partial charge is 0.374 e. The van der Waals surface area contributed by atoms with Crippen molar-refractivity contribution in [3.63, 3.8) is 0 Å². The maximum Gasteiger partial charge on any atom is 0.516 e. The molecule has 7 heteroatoms. The standard InChI is InChI=1S/C12H24Cl2N2O2Si/c1-17-19(18-2,15-11-7-3-5-9(11)13)16-12-8-4-6-10(12)14/h9-12,15-16H,3-8H2,1-2H3. The lowest BCUT2D eigenvalue weighted by Gasteiger charge is -2.34. The van der Waals surface area contributed by atoms with Crippen LogP contribution < -0.4 is 9.96 Å². The Morgan fingerprint density at radius 1 is 0.842 bits per heavy atom. The Kier molecular flexibility index (Phi) is 5.96. The topological polar surface area (TPSA) is 42.5 Å². The van der Waals surface area contributed by atoms with Gasteiger partial charge < -0.3 is 8.85 Å². The molecule has 0 aromatic rings. The zero-order chi connectivity index (χ0) is 13.9. The second-order valence-corrected chi connectivity index (χ2v) is 9.17. The van der Waals surface area contributed by atoms with Crippen LogP contribution in [0.5, 0.6) is 0 Å². The summed E-state index contributed by atoms with van der Waals surface area (Å²) < 4.78 is 11.4. The molecule has 0 bridgehead atoms. The number of nitrogens with one attached hydrogen (secondary N) is 2. The third-order valence-corrected chi connectivity index (χ3v) is 7.89. The van der Waals surface area contributed by atoms with Crippen molar-refractivity contribution in [3.8, 4) is 0 Å². The van der Waals surface area contributed by atoms with E-state index in [1.165, 1.54) is 0 Å². The Hall–Kier alpha value is 0.637. The summed E-state index contributed by atoms with van der Waals surface area (Å²) in [7, 11) is 0.747. The van der Waals surface area contributed by atoms with E-state index in [2.05, 4.69) is 9.96 Å².